The van der Waals surface area contributed by atoms with Crippen LogP contribution in [0, 0.1) is 6.92 Å². The Balaban J connectivity index is 1.86. The molecule has 0 aliphatic carbocycles. The van der Waals surface area contributed by atoms with Gasteiger partial charge in [-0.25, -0.2) is 0 Å². The Labute approximate surface area is 121 Å². The minimum atomic E-state index is 0.649. The van der Waals surface area contributed by atoms with Crippen LogP contribution in [0.2, 0.25) is 0 Å². The van der Waals surface area contributed by atoms with Crippen LogP contribution in [0.1, 0.15) is 24.1 Å². The molecule has 1 aliphatic rings. The van der Waals surface area contributed by atoms with Crippen LogP contribution in [-0.2, 0) is 6.54 Å². The van der Waals surface area contributed by atoms with Gasteiger partial charge in [0.2, 0.25) is 0 Å². The number of benzene rings is 1. The third-order valence-electron chi connectivity index (χ3n) is 4.24. The number of pyridine rings is 1. The van der Waals surface area contributed by atoms with Crippen molar-refractivity contribution in [2.24, 2.45) is 0 Å². The average Bonchev–Trinajstić information content (AvgIpc) is 2.48. The lowest BCUT2D eigenvalue weighted by Gasteiger charge is -2.32. The molecule has 1 fully saturated rings. The van der Waals surface area contributed by atoms with Gasteiger partial charge >= 0.3 is 0 Å². The SMILES string of the molecule is Cc1cc(CN(C)C2CCCNC2)c2ccccc2n1. The molecule has 0 amide bonds. The summed E-state index contributed by atoms with van der Waals surface area (Å²) in [5.41, 5.74) is 3.60. The molecule has 1 N–H and O–H groups in total. The quantitative estimate of drug-likeness (QED) is 0.928. The minimum Gasteiger partial charge on any atom is -0.315 e. The number of aryl methyl sites for hydroxylation is 1. The first-order chi connectivity index (χ1) is 9.74. The van der Waals surface area contributed by atoms with Crippen molar-refractivity contribution >= 4 is 10.9 Å². The molecule has 2 heterocycles. The van der Waals surface area contributed by atoms with Gasteiger partial charge in [0.05, 0.1) is 5.52 Å². The highest BCUT2D eigenvalue weighted by Crippen LogP contribution is 2.21. The van der Waals surface area contributed by atoms with Crippen LogP contribution >= 0.6 is 0 Å². The second-order valence-corrected chi connectivity index (χ2v) is 5.86. The van der Waals surface area contributed by atoms with Crippen molar-refractivity contribution in [2.75, 3.05) is 20.1 Å². The summed E-state index contributed by atoms with van der Waals surface area (Å²) in [5.74, 6) is 0. The van der Waals surface area contributed by atoms with E-state index < -0.39 is 0 Å². The highest BCUT2D eigenvalue weighted by atomic mass is 15.2. The van der Waals surface area contributed by atoms with E-state index >= 15 is 0 Å². The predicted molar refractivity (Wildman–Crippen MR) is 83.8 cm³/mol. The minimum absolute atomic E-state index is 0.649. The van der Waals surface area contributed by atoms with E-state index in [1.807, 2.05) is 0 Å². The van der Waals surface area contributed by atoms with E-state index in [2.05, 4.69) is 59.5 Å². The lowest BCUT2D eigenvalue weighted by atomic mass is 10.0. The number of hydrogen-bond acceptors (Lipinski definition) is 3. The fourth-order valence-corrected chi connectivity index (χ4v) is 3.13. The van der Waals surface area contributed by atoms with Gasteiger partial charge in [-0.3, -0.25) is 9.88 Å². The lowest BCUT2D eigenvalue weighted by Crippen LogP contribution is -2.43. The van der Waals surface area contributed by atoms with Crippen molar-refractivity contribution in [1.82, 2.24) is 15.2 Å². The van der Waals surface area contributed by atoms with Crippen molar-refractivity contribution in [2.45, 2.75) is 32.4 Å². The van der Waals surface area contributed by atoms with E-state index in [1.54, 1.807) is 0 Å². The monoisotopic (exact) mass is 269 g/mol. The second kappa shape index (κ2) is 5.90. The second-order valence-electron chi connectivity index (χ2n) is 5.86. The van der Waals surface area contributed by atoms with Gasteiger partial charge in [0, 0.05) is 30.2 Å². The van der Waals surface area contributed by atoms with Crippen LogP contribution in [0.5, 0.6) is 0 Å². The van der Waals surface area contributed by atoms with Gasteiger partial charge in [0.25, 0.3) is 0 Å². The summed E-state index contributed by atoms with van der Waals surface area (Å²) < 4.78 is 0. The molecule has 0 bridgehead atoms. The summed E-state index contributed by atoms with van der Waals surface area (Å²) in [4.78, 5) is 7.10. The number of likely N-dealkylation sites (N-methyl/N-ethyl adjacent to an activating group) is 1. The van der Waals surface area contributed by atoms with E-state index in [9.17, 15) is 0 Å². The Morgan fingerprint density at radius 2 is 2.20 bits per heavy atom. The molecule has 1 aromatic carbocycles. The summed E-state index contributed by atoms with van der Waals surface area (Å²) in [6.07, 6.45) is 2.58. The molecule has 3 heteroatoms. The van der Waals surface area contributed by atoms with Crippen LogP contribution in [0.15, 0.2) is 30.3 Å². The first-order valence-corrected chi connectivity index (χ1v) is 7.50. The summed E-state index contributed by atoms with van der Waals surface area (Å²) in [6, 6.07) is 11.3. The van der Waals surface area contributed by atoms with Crippen molar-refractivity contribution in [3.05, 3.63) is 41.6 Å². The molecule has 1 aliphatic heterocycles. The summed E-state index contributed by atoms with van der Waals surface area (Å²) in [5, 5.41) is 4.78. The Morgan fingerprint density at radius 3 is 3.00 bits per heavy atom. The molecule has 0 radical (unpaired) electrons. The lowest BCUT2D eigenvalue weighted by molar-refractivity contribution is 0.196. The average molecular weight is 269 g/mol. The van der Waals surface area contributed by atoms with Gasteiger partial charge < -0.3 is 5.32 Å². The van der Waals surface area contributed by atoms with E-state index in [0.29, 0.717) is 6.04 Å². The van der Waals surface area contributed by atoms with Crippen LogP contribution in [-0.4, -0.2) is 36.1 Å². The van der Waals surface area contributed by atoms with Crippen molar-refractivity contribution in [3.63, 3.8) is 0 Å². The molecule has 3 rings (SSSR count). The largest absolute Gasteiger partial charge is 0.315 e. The van der Waals surface area contributed by atoms with Gasteiger partial charge in [-0.2, -0.15) is 0 Å². The number of nitrogens with one attached hydrogen (secondary N) is 1. The van der Waals surface area contributed by atoms with E-state index in [-0.39, 0.29) is 0 Å². The first kappa shape index (κ1) is 13.5. The molecular weight excluding hydrogens is 246 g/mol. The normalized spacial score (nSPS) is 19.6. The van der Waals surface area contributed by atoms with Crippen LogP contribution in [0.3, 0.4) is 0 Å². The maximum Gasteiger partial charge on any atom is 0.0708 e. The molecule has 1 unspecified atom stereocenters. The predicted octanol–water partition coefficient (Wildman–Crippen LogP) is 2.73. The number of piperidine rings is 1. The molecule has 1 aromatic heterocycles. The highest BCUT2D eigenvalue weighted by molar-refractivity contribution is 5.82. The third kappa shape index (κ3) is 2.84. The third-order valence-corrected chi connectivity index (χ3v) is 4.24. The molecule has 0 saturated carbocycles. The summed E-state index contributed by atoms with van der Waals surface area (Å²) in [6.45, 7) is 5.36. The van der Waals surface area contributed by atoms with Crippen LogP contribution in [0.4, 0.5) is 0 Å². The van der Waals surface area contributed by atoms with Gasteiger partial charge in [0.15, 0.2) is 0 Å². The maximum atomic E-state index is 4.63. The number of fused-ring (bicyclic) bond motifs is 1. The number of hydrogen-bond donors (Lipinski definition) is 1. The number of aromatic nitrogens is 1. The fraction of sp³-hybridized carbons (Fsp3) is 0.471. The summed E-state index contributed by atoms with van der Waals surface area (Å²) >= 11 is 0. The van der Waals surface area contributed by atoms with Gasteiger partial charge in [0.1, 0.15) is 0 Å². The molecule has 2 aromatic rings. The molecule has 1 atom stereocenters. The summed E-state index contributed by atoms with van der Waals surface area (Å²) in [7, 11) is 2.24. The zero-order valence-corrected chi connectivity index (χ0v) is 12.4. The Bertz CT molecular complexity index is 588. The van der Waals surface area contributed by atoms with Crippen molar-refractivity contribution in [3.8, 4) is 0 Å². The van der Waals surface area contributed by atoms with Crippen LogP contribution < -0.4 is 5.32 Å². The number of rotatable bonds is 3. The maximum absolute atomic E-state index is 4.63. The van der Waals surface area contributed by atoms with E-state index in [0.717, 1.165) is 24.3 Å². The van der Waals surface area contributed by atoms with Gasteiger partial charge in [-0.05, 0) is 51.1 Å². The molecule has 0 spiro atoms. The van der Waals surface area contributed by atoms with Gasteiger partial charge in [-0.1, -0.05) is 18.2 Å². The van der Waals surface area contributed by atoms with Crippen molar-refractivity contribution in [1.29, 1.82) is 0 Å². The fourth-order valence-electron chi connectivity index (χ4n) is 3.13. The highest BCUT2D eigenvalue weighted by Gasteiger charge is 2.18. The smallest absolute Gasteiger partial charge is 0.0708 e. The molecule has 20 heavy (non-hydrogen) atoms. The Hall–Kier alpha value is -1.45. The van der Waals surface area contributed by atoms with Crippen LogP contribution in [0.25, 0.3) is 10.9 Å². The molecule has 1 saturated heterocycles. The Morgan fingerprint density at radius 1 is 1.35 bits per heavy atom. The molecular formula is C17H23N3. The van der Waals surface area contributed by atoms with Gasteiger partial charge in [-0.15, -0.1) is 0 Å². The van der Waals surface area contributed by atoms with Crippen molar-refractivity contribution < 1.29 is 0 Å². The zero-order chi connectivity index (χ0) is 13.9. The number of nitrogens with zero attached hydrogens (tertiary/aromatic N) is 2. The number of para-hydroxylation sites is 1. The first-order valence-electron chi connectivity index (χ1n) is 7.50. The molecule has 106 valence electrons. The van der Waals surface area contributed by atoms with E-state index in [4.69, 9.17) is 0 Å². The topological polar surface area (TPSA) is 28.2 Å². The molecule has 3 nitrogen and oxygen atoms in total. The standard InChI is InChI=1S/C17H23N3/c1-13-10-14(16-7-3-4-8-17(16)19-13)12-20(2)15-6-5-9-18-11-15/h3-4,7-8,10,15,18H,5-6,9,11-12H2,1-2H3. The zero-order valence-electron chi connectivity index (χ0n) is 12.4. The van der Waals surface area contributed by atoms with E-state index in [1.165, 1.54) is 30.3 Å². The Kier molecular flexibility index (Phi) is 3.99.